The molecule has 0 saturated heterocycles. The molecule has 0 unspecified atom stereocenters. The van der Waals surface area contributed by atoms with Crippen molar-refractivity contribution in [3.05, 3.63) is 57.6 Å². The highest BCUT2D eigenvalue weighted by Gasteiger charge is 2.08. The third kappa shape index (κ3) is 2.80. The summed E-state index contributed by atoms with van der Waals surface area (Å²) in [5, 5.41) is 21.8. The Hall–Kier alpha value is -2.20. The third-order valence-electron chi connectivity index (χ3n) is 2.49. The van der Waals surface area contributed by atoms with Gasteiger partial charge in [0.2, 0.25) is 0 Å². The van der Waals surface area contributed by atoms with Crippen LogP contribution in [0.15, 0.2) is 36.4 Å². The second-order valence-electron chi connectivity index (χ2n) is 3.71. The van der Waals surface area contributed by atoms with Crippen molar-refractivity contribution in [3.8, 4) is 12.1 Å². The summed E-state index contributed by atoms with van der Waals surface area (Å²) in [5.41, 5.74) is 1.92. The lowest BCUT2D eigenvalue weighted by Gasteiger charge is -2.10. The van der Waals surface area contributed by atoms with Crippen molar-refractivity contribution < 1.29 is 0 Å². The Bertz CT molecular complexity index is 712. The summed E-state index contributed by atoms with van der Waals surface area (Å²) in [6.07, 6.45) is 0. The van der Waals surface area contributed by atoms with Gasteiger partial charge in [0.25, 0.3) is 0 Å². The van der Waals surface area contributed by atoms with Crippen LogP contribution in [0, 0.1) is 22.7 Å². The quantitative estimate of drug-likeness (QED) is 0.886. The molecule has 5 heteroatoms. The van der Waals surface area contributed by atoms with Crippen LogP contribution in [-0.4, -0.2) is 0 Å². The predicted molar refractivity (Wildman–Crippen MR) is 75.6 cm³/mol. The van der Waals surface area contributed by atoms with E-state index in [0.717, 1.165) is 0 Å². The first-order valence-corrected chi connectivity index (χ1v) is 6.06. The van der Waals surface area contributed by atoms with E-state index in [1.165, 1.54) is 0 Å². The molecular weight excluding hydrogens is 281 g/mol. The number of nitrogens with zero attached hydrogens (tertiary/aromatic N) is 2. The molecule has 0 saturated carbocycles. The van der Waals surface area contributed by atoms with Crippen LogP contribution >= 0.6 is 23.2 Å². The minimum atomic E-state index is 0.336. The highest BCUT2D eigenvalue weighted by molar-refractivity contribution is 6.33. The first kappa shape index (κ1) is 13.2. The van der Waals surface area contributed by atoms with Crippen molar-refractivity contribution in [1.29, 1.82) is 10.5 Å². The van der Waals surface area contributed by atoms with Gasteiger partial charge in [-0.1, -0.05) is 29.3 Å². The van der Waals surface area contributed by atoms with Crippen LogP contribution in [0.1, 0.15) is 11.1 Å². The first-order chi connectivity index (χ1) is 9.15. The number of benzene rings is 2. The maximum absolute atomic E-state index is 9.09. The summed E-state index contributed by atoms with van der Waals surface area (Å²) in [7, 11) is 0. The van der Waals surface area contributed by atoms with E-state index in [9.17, 15) is 0 Å². The lowest BCUT2D eigenvalue weighted by molar-refractivity contribution is 1.45. The van der Waals surface area contributed by atoms with Gasteiger partial charge < -0.3 is 5.32 Å². The van der Waals surface area contributed by atoms with Gasteiger partial charge in [-0.15, -0.1) is 0 Å². The Morgan fingerprint density at radius 3 is 2.37 bits per heavy atom. The largest absolute Gasteiger partial charge is 0.353 e. The Kier molecular flexibility index (Phi) is 3.92. The molecule has 2 aromatic carbocycles. The van der Waals surface area contributed by atoms with Gasteiger partial charge in [-0.05, 0) is 30.3 Å². The second kappa shape index (κ2) is 5.63. The molecule has 2 aromatic rings. The van der Waals surface area contributed by atoms with Gasteiger partial charge in [0.05, 0.1) is 38.6 Å². The zero-order valence-electron chi connectivity index (χ0n) is 9.61. The monoisotopic (exact) mass is 287 g/mol. The number of halogens is 2. The number of hydrogen-bond donors (Lipinski definition) is 1. The fraction of sp³-hybridized carbons (Fsp3) is 0. The molecule has 92 valence electrons. The van der Waals surface area contributed by atoms with Crippen molar-refractivity contribution in [1.82, 2.24) is 0 Å². The SMILES string of the molecule is N#Cc1ccc(Cl)c(Nc2cccc(Cl)c2C#N)c1. The normalized spacial score (nSPS) is 9.47. The van der Waals surface area contributed by atoms with E-state index in [2.05, 4.69) is 5.32 Å². The van der Waals surface area contributed by atoms with E-state index in [4.69, 9.17) is 33.7 Å². The zero-order valence-corrected chi connectivity index (χ0v) is 11.1. The van der Waals surface area contributed by atoms with E-state index in [0.29, 0.717) is 32.5 Å². The highest BCUT2D eigenvalue weighted by Crippen LogP contribution is 2.30. The average Bonchev–Trinajstić information content (AvgIpc) is 2.41. The fourth-order valence-electron chi connectivity index (χ4n) is 1.58. The van der Waals surface area contributed by atoms with Crippen LogP contribution in [0.2, 0.25) is 10.0 Å². The molecule has 2 rings (SSSR count). The van der Waals surface area contributed by atoms with Gasteiger partial charge in [0.15, 0.2) is 0 Å². The molecule has 19 heavy (non-hydrogen) atoms. The third-order valence-corrected chi connectivity index (χ3v) is 3.13. The van der Waals surface area contributed by atoms with Crippen LogP contribution in [0.5, 0.6) is 0 Å². The topological polar surface area (TPSA) is 59.6 Å². The van der Waals surface area contributed by atoms with E-state index in [1.54, 1.807) is 36.4 Å². The lowest BCUT2D eigenvalue weighted by Crippen LogP contribution is -1.95. The van der Waals surface area contributed by atoms with Gasteiger partial charge in [0, 0.05) is 0 Å². The summed E-state index contributed by atoms with van der Waals surface area (Å²) in [6.45, 7) is 0. The summed E-state index contributed by atoms with van der Waals surface area (Å²) < 4.78 is 0. The molecule has 0 spiro atoms. The van der Waals surface area contributed by atoms with Crippen LogP contribution in [0.4, 0.5) is 11.4 Å². The summed E-state index contributed by atoms with van der Waals surface area (Å²) in [5.74, 6) is 0. The summed E-state index contributed by atoms with van der Waals surface area (Å²) >= 11 is 12.0. The zero-order chi connectivity index (χ0) is 13.8. The molecule has 0 atom stereocenters. The Balaban J connectivity index is 2.46. The van der Waals surface area contributed by atoms with E-state index < -0.39 is 0 Å². The molecule has 0 aliphatic rings. The smallest absolute Gasteiger partial charge is 0.103 e. The van der Waals surface area contributed by atoms with Crippen LogP contribution in [0.25, 0.3) is 0 Å². The van der Waals surface area contributed by atoms with Crippen molar-refractivity contribution in [3.63, 3.8) is 0 Å². The number of nitrogens with one attached hydrogen (secondary N) is 1. The van der Waals surface area contributed by atoms with E-state index >= 15 is 0 Å². The molecule has 0 amide bonds. The van der Waals surface area contributed by atoms with Crippen LogP contribution in [-0.2, 0) is 0 Å². The van der Waals surface area contributed by atoms with E-state index in [1.807, 2.05) is 12.1 Å². The molecule has 0 bridgehead atoms. The molecular formula is C14H7Cl2N3. The minimum absolute atomic E-state index is 0.336. The number of rotatable bonds is 2. The lowest BCUT2D eigenvalue weighted by atomic mass is 10.1. The maximum Gasteiger partial charge on any atom is 0.103 e. The first-order valence-electron chi connectivity index (χ1n) is 5.31. The maximum atomic E-state index is 9.09. The average molecular weight is 288 g/mol. The molecule has 1 N–H and O–H groups in total. The van der Waals surface area contributed by atoms with Crippen molar-refractivity contribution in [2.24, 2.45) is 0 Å². The van der Waals surface area contributed by atoms with Gasteiger partial charge in [0.1, 0.15) is 6.07 Å². The molecule has 0 radical (unpaired) electrons. The predicted octanol–water partition coefficient (Wildman–Crippen LogP) is 4.48. The Morgan fingerprint density at radius 2 is 1.68 bits per heavy atom. The van der Waals surface area contributed by atoms with Gasteiger partial charge >= 0.3 is 0 Å². The molecule has 0 fully saturated rings. The van der Waals surface area contributed by atoms with Gasteiger partial charge in [-0.2, -0.15) is 10.5 Å². The van der Waals surface area contributed by atoms with Gasteiger partial charge in [-0.3, -0.25) is 0 Å². The van der Waals surface area contributed by atoms with Gasteiger partial charge in [-0.25, -0.2) is 0 Å². The molecule has 0 aliphatic carbocycles. The summed E-state index contributed by atoms with van der Waals surface area (Å²) in [4.78, 5) is 0. The van der Waals surface area contributed by atoms with E-state index in [-0.39, 0.29) is 0 Å². The number of hydrogen-bond acceptors (Lipinski definition) is 3. The molecule has 3 nitrogen and oxygen atoms in total. The second-order valence-corrected chi connectivity index (χ2v) is 4.52. The Morgan fingerprint density at radius 1 is 0.895 bits per heavy atom. The van der Waals surface area contributed by atoms with Crippen molar-refractivity contribution in [2.75, 3.05) is 5.32 Å². The number of anilines is 2. The summed E-state index contributed by atoms with van der Waals surface area (Å²) in [6, 6.07) is 14.0. The molecule has 0 aromatic heterocycles. The molecule has 0 aliphatic heterocycles. The standard InChI is InChI=1S/C14H7Cl2N3/c15-11-2-1-3-13(10(11)8-18)19-14-6-9(7-17)4-5-12(14)16/h1-6,19H. The Labute approximate surface area is 120 Å². The molecule has 0 heterocycles. The highest BCUT2D eigenvalue weighted by atomic mass is 35.5. The van der Waals surface area contributed by atoms with Crippen molar-refractivity contribution >= 4 is 34.6 Å². The van der Waals surface area contributed by atoms with Crippen LogP contribution < -0.4 is 5.32 Å². The minimum Gasteiger partial charge on any atom is -0.353 e. The fourth-order valence-corrected chi connectivity index (χ4v) is 1.96. The van der Waals surface area contributed by atoms with Crippen molar-refractivity contribution in [2.45, 2.75) is 0 Å². The van der Waals surface area contributed by atoms with Crippen LogP contribution in [0.3, 0.4) is 0 Å². The number of nitriles is 2.